The molecule has 11 rings (SSSR count). The standard InChI is InChI=1S/C50H30O/c1-2-11-35-27-38(24-19-31(35)9-1)49-43-15-7-5-13-41(43)48(42-14-6-8-16-44(42)49)34-20-17-32(18-21-34)36-22-23-37-29-45-47(30-39(37)28-36)51-46-26-25-33-10-3-4-12-40(33)50(45)46/h1-30H. The molecular weight excluding hydrogens is 617 g/mol. The van der Waals surface area contributed by atoms with Crippen molar-refractivity contribution in [2.24, 2.45) is 0 Å². The van der Waals surface area contributed by atoms with Gasteiger partial charge in [0.25, 0.3) is 0 Å². The number of hydrogen-bond donors (Lipinski definition) is 0. The van der Waals surface area contributed by atoms with Gasteiger partial charge in [-0.25, -0.2) is 0 Å². The second-order valence-electron chi connectivity index (χ2n) is 13.7. The smallest absolute Gasteiger partial charge is 0.136 e. The van der Waals surface area contributed by atoms with Crippen LogP contribution in [0.3, 0.4) is 0 Å². The average molecular weight is 647 g/mol. The van der Waals surface area contributed by atoms with Crippen molar-refractivity contribution in [3.05, 3.63) is 182 Å². The van der Waals surface area contributed by atoms with E-state index < -0.39 is 0 Å². The molecule has 0 fully saturated rings. The second-order valence-corrected chi connectivity index (χ2v) is 13.7. The highest BCUT2D eigenvalue weighted by atomic mass is 16.3. The monoisotopic (exact) mass is 646 g/mol. The molecule has 0 bridgehead atoms. The maximum absolute atomic E-state index is 6.40. The zero-order valence-electron chi connectivity index (χ0n) is 27.7. The fourth-order valence-corrected chi connectivity index (χ4v) is 8.39. The maximum atomic E-state index is 6.40. The third-order valence-electron chi connectivity index (χ3n) is 10.8. The summed E-state index contributed by atoms with van der Waals surface area (Å²) in [5, 5.41) is 14.8. The van der Waals surface area contributed by atoms with E-state index >= 15 is 0 Å². The summed E-state index contributed by atoms with van der Waals surface area (Å²) in [6.45, 7) is 0. The molecule has 0 aliphatic rings. The van der Waals surface area contributed by atoms with Gasteiger partial charge >= 0.3 is 0 Å². The molecule has 1 nitrogen and oxygen atoms in total. The minimum atomic E-state index is 0.923. The van der Waals surface area contributed by atoms with Crippen LogP contribution in [0.2, 0.25) is 0 Å². The molecule has 0 unspecified atom stereocenters. The highest BCUT2D eigenvalue weighted by Crippen LogP contribution is 2.44. The van der Waals surface area contributed by atoms with Crippen LogP contribution in [0.25, 0.3) is 109 Å². The number of benzene rings is 10. The predicted molar refractivity (Wildman–Crippen MR) is 218 cm³/mol. The van der Waals surface area contributed by atoms with Crippen molar-refractivity contribution in [3.63, 3.8) is 0 Å². The van der Waals surface area contributed by atoms with Crippen molar-refractivity contribution < 1.29 is 4.42 Å². The molecule has 0 saturated heterocycles. The van der Waals surface area contributed by atoms with Gasteiger partial charge in [0.1, 0.15) is 11.2 Å². The molecule has 1 heterocycles. The van der Waals surface area contributed by atoms with Crippen LogP contribution >= 0.6 is 0 Å². The Hall–Kier alpha value is -6.70. The first-order valence-corrected chi connectivity index (χ1v) is 17.6. The quantitative estimate of drug-likeness (QED) is 0.174. The molecule has 0 radical (unpaired) electrons. The SMILES string of the molecule is c1ccc2cc(-c3c4ccccc4c(-c4ccc(-c5ccc6cc7c(cc6c5)oc5ccc6ccccc6c57)cc4)c4ccccc34)ccc2c1. The molecule has 0 aliphatic carbocycles. The topological polar surface area (TPSA) is 13.1 Å². The number of furan rings is 1. The molecule has 236 valence electrons. The van der Waals surface area contributed by atoms with Gasteiger partial charge in [0.05, 0.1) is 0 Å². The minimum Gasteiger partial charge on any atom is -0.456 e. The van der Waals surface area contributed by atoms with Gasteiger partial charge in [0.2, 0.25) is 0 Å². The zero-order valence-corrected chi connectivity index (χ0v) is 27.7. The molecule has 1 heteroatoms. The first kappa shape index (κ1) is 28.2. The van der Waals surface area contributed by atoms with Gasteiger partial charge in [0, 0.05) is 10.8 Å². The van der Waals surface area contributed by atoms with Crippen molar-refractivity contribution in [1.82, 2.24) is 0 Å². The molecule has 0 amide bonds. The van der Waals surface area contributed by atoms with Gasteiger partial charge in [-0.3, -0.25) is 0 Å². The fraction of sp³-hybridized carbons (Fsp3) is 0. The summed E-state index contributed by atoms with van der Waals surface area (Å²) < 4.78 is 6.40. The average Bonchev–Trinajstić information content (AvgIpc) is 3.56. The van der Waals surface area contributed by atoms with E-state index in [1.807, 2.05) is 0 Å². The summed E-state index contributed by atoms with van der Waals surface area (Å²) in [5.41, 5.74) is 9.26. The zero-order chi connectivity index (χ0) is 33.5. The molecule has 0 aliphatic heterocycles. The second kappa shape index (κ2) is 10.9. The summed E-state index contributed by atoms with van der Waals surface area (Å²) in [4.78, 5) is 0. The number of hydrogen-bond acceptors (Lipinski definition) is 1. The lowest BCUT2D eigenvalue weighted by atomic mass is 9.85. The van der Waals surface area contributed by atoms with Crippen LogP contribution in [0.4, 0.5) is 0 Å². The van der Waals surface area contributed by atoms with Crippen LogP contribution in [-0.4, -0.2) is 0 Å². The minimum absolute atomic E-state index is 0.923. The van der Waals surface area contributed by atoms with E-state index in [4.69, 9.17) is 4.42 Å². The lowest BCUT2D eigenvalue weighted by Gasteiger charge is -2.18. The van der Waals surface area contributed by atoms with Gasteiger partial charge in [-0.05, 0) is 118 Å². The summed E-state index contributed by atoms with van der Waals surface area (Å²) in [7, 11) is 0. The molecule has 1 aromatic heterocycles. The lowest BCUT2D eigenvalue weighted by Crippen LogP contribution is -1.91. The van der Waals surface area contributed by atoms with E-state index in [0.29, 0.717) is 0 Å². The molecule has 51 heavy (non-hydrogen) atoms. The van der Waals surface area contributed by atoms with Crippen molar-refractivity contribution in [2.45, 2.75) is 0 Å². The van der Waals surface area contributed by atoms with E-state index in [2.05, 4.69) is 182 Å². The van der Waals surface area contributed by atoms with Gasteiger partial charge in [-0.15, -0.1) is 0 Å². The van der Waals surface area contributed by atoms with E-state index in [9.17, 15) is 0 Å². The Morgan fingerprint density at radius 3 is 1.47 bits per heavy atom. The van der Waals surface area contributed by atoms with Crippen LogP contribution in [0.1, 0.15) is 0 Å². The van der Waals surface area contributed by atoms with Crippen LogP contribution in [0.15, 0.2) is 186 Å². The first-order valence-electron chi connectivity index (χ1n) is 17.6. The Labute approximate surface area is 294 Å². The predicted octanol–water partition coefficient (Wildman–Crippen LogP) is 14.4. The maximum Gasteiger partial charge on any atom is 0.136 e. The van der Waals surface area contributed by atoms with Crippen molar-refractivity contribution >= 4 is 75.8 Å². The van der Waals surface area contributed by atoms with E-state index in [1.165, 1.54) is 92.6 Å². The Bertz CT molecular complexity index is 3120. The van der Waals surface area contributed by atoms with Crippen LogP contribution < -0.4 is 0 Å². The van der Waals surface area contributed by atoms with E-state index in [1.54, 1.807) is 0 Å². The summed E-state index contributed by atoms with van der Waals surface area (Å²) in [5.74, 6) is 0. The highest BCUT2D eigenvalue weighted by molar-refractivity contribution is 6.22. The Kier molecular flexibility index (Phi) is 6.02. The highest BCUT2D eigenvalue weighted by Gasteiger charge is 2.17. The fourth-order valence-electron chi connectivity index (χ4n) is 8.39. The summed E-state index contributed by atoms with van der Waals surface area (Å²) in [6, 6.07) is 66.4. The van der Waals surface area contributed by atoms with Crippen molar-refractivity contribution in [1.29, 1.82) is 0 Å². The third kappa shape index (κ3) is 4.35. The Morgan fingerprint density at radius 1 is 0.255 bits per heavy atom. The summed E-state index contributed by atoms with van der Waals surface area (Å²) >= 11 is 0. The van der Waals surface area contributed by atoms with Crippen LogP contribution in [-0.2, 0) is 0 Å². The van der Waals surface area contributed by atoms with Crippen molar-refractivity contribution in [3.8, 4) is 33.4 Å². The third-order valence-corrected chi connectivity index (χ3v) is 10.8. The molecule has 11 aromatic rings. The van der Waals surface area contributed by atoms with Gasteiger partial charge in [0.15, 0.2) is 0 Å². The number of fused-ring (bicyclic) bond motifs is 9. The normalized spacial score (nSPS) is 11.9. The molecule has 0 spiro atoms. The van der Waals surface area contributed by atoms with Crippen LogP contribution in [0, 0.1) is 0 Å². The first-order chi connectivity index (χ1) is 25.3. The molecule has 10 aromatic carbocycles. The Balaban J connectivity index is 1.03. The van der Waals surface area contributed by atoms with E-state index in [-0.39, 0.29) is 0 Å². The van der Waals surface area contributed by atoms with Gasteiger partial charge < -0.3 is 4.42 Å². The van der Waals surface area contributed by atoms with Gasteiger partial charge in [-0.2, -0.15) is 0 Å². The largest absolute Gasteiger partial charge is 0.456 e. The van der Waals surface area contributed by atoms with E-state index in [0.717, 1.165) is 16.6 Å². The van der Waals surface area contributed by atoms with Gasteiger partial charge in [-0.1, -0.05) is 152 Å². The molecule has 0 saturated carbocycles. The van der Waals surface area contributed by atoms with Crippen LogP contribution in [0.5, 0.6) is 0 Å². The molecule has 0 atom stereocenters. The molecule has 0 N–H and O–H groups in total. The summed E-state index contributed by atoms with van der Waals surface area (Å²) in [6.07, 6.45) is 0. The molecular formula is C50H30O. The Morgan fingerprint density at radius 2 is 0.745 bits per heavy atom. The number of rotatable bonds is 3. The lowest BCUT2D eigenvalue weighted by molar-refractivity contribution is 0.670. The van der Waals surface area contributed by atoms with Crippen molar-refractivity contribution in [2.75, 3.05) is 0 Å².